The normalized spacial score (nSPS) is 33.2. The van der Waals surface area contributed by atoms with E-state index in [4.69, 9.17) is 4.84 Å². The lowest BCUT2D eigenvalue weighted by atomic mass is 9.67. The van der Waals surface area contributed by atoms with Crippen LogP contribution in [0.25, 0.3) is 0 Å². The number of hydrogen-bond acceptors (Lipinski definition) is 3. The molecule has 0 bridgehead atoms. The Bertz CT molecular complexity index is 174. The Hall–Kier alpha value is -0.120. The van der Waals surface area contributed by atoms with Gasteiger partial charge in [0.15, 0.2) is 0 Å². The van der Waals surface area contributed by atoms with Crippen LogP contribution in [0.1, 0.15) is 32.6 Å². The summed E-state index contributed by atoms with van der Waals surface area (Å²) in [6.45, 7) is 4.45. The van der Waals surface area contributed by atoms with E-state index in [9.17, 15) is 5.11 Å². The van der Waals surface area contributed by atoms with Gasteiger partial charge in [0.2, 0.25) is 0 Å². The molecule has 0 aromatic heterocycles. The molecule has 13 heavy (non-hydrogen) atoms. The molecule has 3 heteroatoms. The second-order valence-corrected chi connectivity index (χ2v) is 4.48. The van der Waals surface area contributed by atoms with E-state index in [1.807, 2.05) is 5.06 Å². The fourth-order valence-electron chi connectivity index (χ4n) is 2.32. The van der Waals surface area contributed by atoms with E-state index in [1.165, 1.54) is 25.7 Å². The lowest BCUT2D eigenvalue weighted by molar-refractivity contribution is -0.144. The summed E-state index contributed by atoms with van der Waals surface area (Å²) in [6.07, 6.45) is 5.00. The summed E-state index contributed by atoms with van der Waals surface area (Å²) in [6, 6.07) is 0. The standard InChI is InChI=1S/C10H19NO2/c1-2-10(4-3-5-10)8-11-6-9(12)7-13-11/h9,12H,2-8H2,1H3/t9-/m0/s1. The van der Waals surface area contributed by atoms with E-state index >= 15 is 0 Å². The molecule has 1 atom stereocenters. The lowest BCUT2D eigenvalue weighted by Crippen LogP contribution is -2.40. The van der Waals surface area contributed by atoms with Crippen molar-refractivity contribution in [1.29, 1.82) is 0 Å². The molecule has 3 nitrogen and oxygen atoms in total. The van der Waals surface area contributed by atoms with Gasteiger partial charge in [0.1, 0.15) is 0 Å². The molecule has 0 spiro atoms. The number of nitrogens with zero attached hydrogens (tertiary/aromatic N) is 1. The number of hydrogen-bond donors (Lipinski definition) is 1. The second-order valence-electron chi connectivity index (χ2n) is 4.48. The topological polar surface area (TPSA) is 32.7 Å². The first-order chi connectivity index (χ1) is 6.24. The molecular weight excluding hydrogens is 166 g/mol. The van der Waals surface area contributed by atoms with Crippen LogP contribution in [0.4, 0.5) is 0 Å². The van der Waals surface area contributed by atoms with Crippen molar-refractivity contribution in [2.24, 2.45) is 5.41 Å². The molecule has 1 saturated heterocycles. The molecule has 1 aliphatic carbocycles. The zero-order valence-electron chi connectivity index (χ0n) is 8.33. The van der Waals surface area contributed by atoms with Gasteiger partial charge in [-0.3, -0.25) is 4.84 Å². The first-order valence-electron chi connectivity index (χ1n) is 5.30. The molecule has 1 saturated carbocycles. The molecule has 1 aliphatic heterocycles. The van der Waals surface area contributed by atoms with Crippen molar-refractivity contribution in [3.05, 3.63) is 0 Å². The van der Waals surface area contributed by atoms with E-state index in [-0.39, 0.29) is 6.10 Å². The first kappa shape index (κ1) is 9.44. The van der Waals surface area contributed by atoms with Crippen LogP contribution in [0.5, 0.6) is 0 Å². The molecule has 2 fully saturated rings. The van der Waals surface area contributed by atoms with Crippen LogP contribution in [0.3, 0.4) is 0 Å². The molecule has 0 aromatic carbocycles. The van der Waals surface area contributed by atoms with Crippen molar-refractivity contribution < 1.29 is 9.94 Å². The predicted molar refractivity (Wildman–Crippen MR) is 50.1 cm³/mol. The third-order valence-corrected chi connectivity index (χ3v) is 3.54. The van der Waals surface area contributed by atoms with Gasteiger partial charge in [0, 0.05) is 6.54 Å². The summed E-state index contributed by atoms with van der Waals surface area (Å²) < 4.78 is 0. The van der Waals surface area contributed by atoms with Gasteiger partial charge in [-0.25, -0.2) is 0 Å². The molecule has 2 rings (SSSR count). The number of rotatable bonds is 3. The van der Waals surface area contributed by atoms with E-state index in [1.54, 1.807) is 0 Å². The Morgan fingerprint density at radius 1 is 1.54 bits per heavy atom. The third kappa shape index (κ3) is 1.87. The van der Waals surface area contributed by atoms with Gasteiger partial charge in [0.05, 0.1) is 19.3 Å². The molecule has 2 aliphatic rings. The summed E-state index contributed by atoms with van der Waals surface area (Å²) in [7, 11) is 0. The molecule has 0 radical (unpaired) electrons. The maximum absolute atomic E-state index is 9.29. The molecule has 0 aromatic rings. The van der Waals surface area contributed by atoms with Crippen LogP contribution in [0, 0.1) is 5.41 Å². The largest absolute Gasteiger partial charge is 0.389 e. The average Bonchev–Trinajstić information content (AvgIpc) is 2.44. The van der Waals surface area contributed by atoms with Crippen LogP contribution in [0.2, 0.25) is 0 Å². The highest BCUT2D eigenvalue weighted by atomic mass is 16.7. The van der Waals surface area contributed by atoms with E-state index in [2.05, 4.69) is 6.92 Å². The lowest BCUT2D eigenvalue weighted by Gasteiger charge is -2.43. The highest BCUT2D eigenvalue weighted by Crippen LogP contribution is 2.44. The fourth-order valence-corrected chi connectivity index (χ4v) is 2.32. The van der Waals surface area contributed by atoms with Gasteiger partial charge < -0.3 is 5.11 Å². The number of hydroxylamine groups is 2. The van der Waals surface area contributed by atoms with Crippen molar-refractivity contribution in [3.8, 4) is 0 Å². The minimum Gasteiger partial charge on any atom is -0.389 e. The Morgan fingerprint density at radius 2 is 2.31 bits per heavy atom. The van der Waals surface area contributed by atoms with Gasteiger partial charge >= 0.3 is 0 Å². The Morgan fingerprint density at radius 3 is 2.69 bits per heavy atom. The number of β-amino-alcohol motifs (C(OH)–C–C–N with tert-alkyl or cyclic N) is 1. The maximum atomic E-state index is 9.29. The quantitative estimate of drug-likeness (QED) is 0.716. The number of aliphatic hydroxyl groups excluding tert-OH is 1. The van der Waals surface area contributed by atoms with Crippen molar-refractivity contribution in [1.82, 2.24) is 5.06 Å². The monoisotopic (exact) mass is 185 g/mol. The van der Waals surface area contributed by atoms with Crippen LogP contribution >= 0.6 is 0 Å². The molecule has 0 unspecified atom stereocenters. The molecule has 1 heterocycles. The van der Waals surface area contributed by atoms with Crippen molar-refractivity contribution in [3.63, 3.8) is 0 Å². The summed E-state index contributed by atoms with van der Waals surface area (Å²) >= 11 is 0. The van der Waals surface area contributed by atoms with Crippen LogP contribution in [-0.2, 0) is 4.84 Å². The number of aliphatic hydroxyl groups is 1. The smallest absolute Gasteiger partial charge is 0.0958 e. The first-order valence-corrected chi connectivity index (χ1v) is 5.30. The average molecular weight is 185 g/mol. The van der Waals surface area contributed by atoms with Crippen LogP contribution < -0.4 is 0 Å². The Kier molecular flexibility index (Phi) is 2.58. The van der Waals surface area contributed by atoms with Crippen molar-refractivity contribution in [2.75, 3.05) is 19.7 Å². The van der Waals surface area contributed by atoms with E-state index in [0.29, 0.717) is 18.6 Å². The fraction of sp³-hybridized carbons (Fsp3) is 1.00. The molecule has 76 valence electrons. The second kappa shape index (κ2) is 3.56. The zero-order valence-corrected chi connectivity index (χ0v) is 8.33. The summed E-state index contributed by atoms with van der Waals surface area (Å²) in [4.78, 5) is 5.38. The van der Waals surface area contributed by atoms with Gasteiger partial charge in [-0.1, -0.05) is 13.3 Å². The molecular formula is C10H19NO2. The molecule has 1 N–H and O–H groups in total. The Balaban J connectivity index is 1.83. The minimum atomic E-state index is -0.269. The Labute approximate surface area is 79.6 Å². The van der Waals surface area contributed by atoms with Crippen molar-refractivity contribution >= 4 is 0 Å². The highest BCUT2D eigenvalue weighted by Gasteiger charge is 2.38. The van der Waals surface area contributed by atoms with Crippen molar-refractivity contribution in [2.45, 2.75) is 38.7 Å². The van der Waals surface area contributed by atoms with Gasteiger partial charge in [-0.05, 0) is 24.7 Å². The summed E-state index contributed by atoms with van der Waals surface area (Å²) in [5, 5.41) is 11.2. The van der Waals surface area contributed by atoms with Gasteiger partial charge in [0.25, 0.3) is 0 Å². The van der Waals surface area contributed by atoms with E-state index in [0.717, 1.165) is 6.54 Å². The van der Waals surface area contributed by atoms with Gasteiger partial charge in [-0.15, -0.1) is 0 Å². The van der Waals surface area contributed by atoms with E-state index < -0.39 is 0 Å². The van der Waals surface area contributed by atoms with Crippen LogP contribution in [-0.4, -0.2) is 36.0 Å². The third-order valence-electron chi connectivity index (χ3n) is 3.54. The maximum Gasteiger partial charge on any atom is 0.0958 e. The highest BCUT2D eigenvalue weighted by molar-refractivity contribution is 4.88. The molecule has 0 amide bonds. The summed E-state index contributed by atoms with van der Waals surface area (Å²) in [5.41, 5.74) is 0.504. The van der Waals surface area contributed by atoms with Gasteiger partial charge in [-0.2, -0.15) is 5.06 Å². The zero-order chi connectivity index (χ0) is 9.31. The van der Waals surface area contributed by atoms with Crippen LogP contribution in [0.15, 0.2) is 0 Å². The predicted octanol–water partition coefficient (Wildman–Crippen LogP) is 1.17. The minimum absolute atomic E-state index is 0.269. The SMILES string of the molecule is CCC1(CN2C[C@H](O)CO2)CCC1. The summed E-state index contributed by atoms with van der Waals surface area (Å²) in [5.74, 6) is 0.